The first-order valence-electron chi connectivity index (χ1n) is 13.4. The summed E-state index contributed by atoms with van der Waals surface area (Å²) in [5, 5.41) is 3.81. The Morgan fingerprint density at radius 2 is 1.71 bits per heavy atom. The maximum atomic E-state index is 14.1. The summed E-state index contributed by atoms with van der Waals surface area (Å²) in [6, 6.07) is 18.4. The first-order valence-corrected chi connectivity index (χ1v) is 15.6. The number of nitrogens with one attached hydrogen (secondary N) is 1. The molecule has 0 saturated heterocycles. The fourth-order valence-electron chi connectivity index (χ4n) is 4.82. The highest BCUT2D eigenvalue weighted by Gasteiger charge is 2.33. The topological polar surface area (TPSA) is 96.0 Å². The van der Waals surface area contributed by atoms with Crippen molar-refractivity contribution in [3.63, 3.8) is 0 Å². The second kappa shape index (κ2) is 13.6. The molecule has 1 aliphatic carbocycles. The lowest BCUT2D eigenvalue weighted by Crippen LogP contribution is -2.52. The molecule has 3 aromatic carbocycles. The quantitative estimate of drug-likeness (QED) is 0.299. The molecule has 0 spiro atoms. The predicted molar refractivity (Wildman–Crippen MR) is 161 cm³/mol. The summed E-state index contributed by atoms with van der Waals surface area (Å²) in [5.41, 5.74) is 0.817. The van der Waals surface area contributed by atoms with Gasteiger partial charge in [-0.25, -0.2) is 8.42 Å². The molecule has 11 heteroatoms. The van der Waals surface area contributed by atoms with Crippen molar-refractivity contribution in [2.75, 3.05) is 18.0 Å². The molecular formula is C30H33Cl2N3O5S. The van der Waals surface area contributed by atoms with E-state index in [1.165, 1.54) is 24.1 Å². The predicted octanol–water partition coefficient (Wildman–Crippen LogP) is 5.67. The molecule has 1 saturated carbocycles. The van der Waals surface area contributed by atoms with Gasteiger partial charge in [0, 0.05) is 28.7 Å². The number of anilines is 1. The molecule has 1 unspecified atom stereocenters. The van der Waals surface area contributed by atoms with Gasteiger partial charge in [-0.2, -0.15) is 0 Å². The molecule has 2 amide bonds. The number of rotatable bonds is 11. The van der Waals surface area contributed by atoms with Crippen molar-refractivity contribution in [1.29, 1.82) is 0 Å². The van der Waals surface area contributed by atoms with E-state index in [0.29, 0.717) is 21.4 Å². The van der Waals surface area contributed by atoms with E-state index in [1.54, 1.807) is 67.6 Å². The number of sulfonamides is 1. The molecular weight excluding hydrogens is 585 g/mol. The molecule has 218 valence electrons. The Kier molecular flexibility index (Phi) is 10.2. The van der Waals surface area contributed by atoms with E-state index in [9.17, 15) is 18.0 Å². The van der Waals surface area contributed by atoms with Gasteiger partial charge in [-0.3, -0.25) is 13.9 Å². The molecule has 0 radical (unpaired) electrons. The van der Waals surface area contributed by atoms with Crippen LogP contribution in [0.1, 0.15) is 38.2 Å². The minimum Gasteiger partial charge on any atom is -0.497 e. The summed E-state index contributed by atoms with van der Waals surface area (Å²) in [4.78, 5) is 28.8. The van der Waals surface area contributed by atoms with Gasteiger partial charge in [-0.15, -0.1) is 0 Å². The largest absolute Gasteiger partial charge is 0.497 e. The lowest BCUT2D eigenvalue weighted by Gasteiger charge is -2.32. The van der Waals surface area contributed by atoms with Crippen molar-refractivity contribution in [3.05, 3.63) is 88.4 Å². The Hall–Kier alpha value is -3.27. The van der Waals surface area contributed by atoms with Gasteiger partial charge in [0.1, 0.15) is 18.3 Å². The minimum atomic E-state index is -4.17. The molecule has 4 rings (SSSR count). The van der Waals surface area contributed by atoms with E-state index in [1.807, 2.05) is 0 Å². The van der Waals surface area contributed by atoms with Crippen LogP contribution in [0.5, 0.6) is 5.75 Å². The number of amides is 2. The first-order chi connectivity index (χ1) is 19.6. The lowest BCUT2D eigenvalue weighted by molar-refractivity contribution is -0.139. The minimum absolute atomic E-state index is 0.0224. The summed E-state index contributed by atoms with van der Waals surface area (Å²) >= 11 is 12.5. The average Bonchev–Trinajstić information content (AvgIpc) is 3.48. The molecule has 0 bridgehead atoms. The van der Waals surface area contributed by atoms with Crippen LogP contribution in [0.3, 0.4) is 0 Å². The van der Waals surface area contributed by atoms with E-state index in [0.717, 1.165) is 30.0 Å². The van der Waals surface area contributed by atoms with Crippen LogP contribution in [-0.2, 0) is 26.2 Å². The van der Waals surface area contributed by atoms with Gasteiger partial charge in [0.05, 0.1) is 17.7 Å². The maximum Gasteiger partial charge on any atom is 0.264 e. The number of hydrogen-bond donors (Lipinski definition) is 1. The number of methoxy groups -OCH3 is 1. The van der Waals surface area contributed by atoms with Crippen LogP contribution in [0, 0.1) is 0 Å². The second-order valence-corrected chi connectivity index (χ2v) is 12.7. The van der Waals surface area contributed by atoms with Gasteiger partial charge in [0.25, 0.3) is 10.0 Å². The van der Waals surface area contributed by atoms with Crippen LogP contribution in [0.4, 0.5) is 5.69 Å². The molecule has 41 heavy (non-hydrogen) atoms. The molecule has 0 aliphatic heterocycles. The Balaban J connectivity index is 1.71. The fourth-order valence-corrected chi connectivity index (χ4v) is 6.72. The zero-order valence-corrected chi connectivity index (χ0v) is 25.3. The average molecular weight is 619 g/mol. The van der Waals surface area contributed by atoms with Gasteiger partial charge >= 0.3 is 0 Å². The van der Waals surface area contributed by atoms with E-state index < -0.39 is 28.5 Å². The third-order valence-electron chi connectivity index (χ3n) is 7.18. The molecule has 0 heterocycles. The monoisotopic (exact) mass is 617 g/mol. The highest BCUT2D eigenvalue weighted by Crippen LogP contribution is 2.28. The van der Waals surface area contributed by atoms with Crippen molar-refractivity contribution in [2.45, 2.75) is 56.1 Å². The molecule has 1 aliphatic rings. The number of benzene rings is 3. The Bertz CT molecular complexity index is 1480. The van der Waals surface area contributed by atoms with Gasteiger partial charge in [0.2, 0.25) is 11.8 Å². The van der Waals surface area contributed by atoms with Crippen molar-refractivity contribution in [2.24, 2.45) is 0 Å². The van der Waals surface area contributed by atoms with Crippen molar-refractivity contribution in [3.8, 4) is 5.75 Å². The molecule has 1 atom stereocenters. The Morgan fingerprint density at radius 1 is 1.00 bits per heavy atom. The van der Waals surface area contributed by atoms with E-state index in [4.69, 9.17) is 27.9 Å². The van der Waals surface area contributed by atoms with Crippen LogP contribution < -0.4 is 14.4 Å². The highest BCUT2D eigenvalue weighted by atomic mass is 35.5. The van der Waals surface area contributed by atoms with Crippen LogP contribution in [0.25, 0.3) is 0 Å². The third kappa shape index (κ3) is 7.52. The van der Waals surface area contributed by atoms with E-state index in [-0.39, 0.29) is 29.1 Å². The smallest absolute Gasteiger partial charge is 0.264 e. The molecule has 1 N–H and O–H groups in total. The first kappa shape index (κ1) is 30.7. The summed E-state index contributed by atoms with van der Waals surface area (Å²) in [7, 11) is -2.70. The number of halogens is 2. The number of carbonyl (C=O) groups is 2. The van der Waals surface area contributed by atoms with Crippen molar-refractivity contribution < 1.29 is 22.7 Å². The fraction of sp³-hybridized carbons (Fsp3) is 0.333. The van der Waals surface area contributed by atoms with Crippen molar-refractivity contribution in [1.82, 2.24) is 10.2 Å². The Morgan fingerprint density at radius 3 is 2.37 bits per heavy atom. The van der Waals surface area contributed by atoms with Crippen LogP contribution in [-0.4, -0.2) is 50.9 Å². The molecule has 3 aromatic rings. The van der Waals surface area contributed by atoms with Gasteiger partial charge < -0.3 is 15.0 Å². The maximum absolute atomic E-state index is 14.1. The summed E-state index contributed by atoms with van der Waals surface area (Å²) in [6.07, 6.45) is 3.84. The van der Waals surface area contributed by atoms with Crippen LogP contribution in [0.15, 0.2) is 77.7 Å². The molecule has 1 fully saturated rings. The van der Waals surface area contributed by atoms with E-state index >= 15 is 0 Å². The van der Waals surface area contributed by atoms with E-state index in [2.05, 4.69) is 5.32 Å². The zero-order valence-electron chi connectivity index (χ0n) is 22.9. The SMILES string of the molecule is COc1cccc(N(CC(=O)N(Cc2ccc(Cl)cc2Cl)C(C)C(=O)NC2CCCC2)S(=O)(=O)c2ccccc2)c1. The highest BCUT2D eigenvalue weighted by molar-refractivity contribution is 7.92. The summed E-state index contributed by atoms with van der Waals surface area (Å²) < 4.78 is 34.1. The lowest BCUT2D eigenvalue weighted by atomic mass is 10.1. The van der Waals surface area contributed by atoms with Gasteiger partial charge in [0.15, 0.2) is 0 Å². The zero-order chi connectivity index (χ0) is 29.6. The standard InChI is InChI=1S/C30H33Cl2N3O5S/c1-21(30(37)33-24-9-6-7-10-24)34(19-22-15-16-23(31)17-28(22)32)29(36)20-35(25-11-8-12-26(18-25)40-2)41(38,39)27-13-4-3-5-14-27/h3-5,8,11-18,21,24H,6-7,9-10,19-20H2,1-2H3,(H,33,37). The number of nitrogens with zero attached hydrogens (tertiary/aromatic N) is 2. The number of carbonyl (C=O) groups excluding carboxylic acids is 2. The summed E-state index contributed by atoms with van der Waals surface area (Å²) in [6.45, 7) is 1.05. The normalized spacial score (nSPS) is 14.3. The van der Waals surface area contributed by atoms with Crippen LogP contribution in [0.2, 0.25) is 10.0 Å². The molecule has 0 aromatic heterocycles. The number of hydrogen-bond acceptors (Lipinski definition) is 5. The Labute approximate surface area is 251 Å². The van der Waals surface area contributed by atoms with Crippen molar-refractivity contribution >= 4 is 50.7 Å². The molecule has 8 nitrogen and oxygen atoms in total. The van der Waals surface area contributed by atoms with Gasteiger partial charge in [-0.05, 0) is 61.7 Å². The number of ether oxygens (including phenoxy) is 1. The van der Waals surface area contributed by atoms with Crippen LogP contribution >= 0.6 is 23.2 Å². The van der Waals surface area contributed by atoms with Gasteiger partial charge in [-0.1, -0.05) is 66.4 Å². The third-order valence-corrected chi connectivity index (χ3v) is 9.55. The second-order valence-electron chi connectivity index (χ2n) is 9.95. The summed E-state index contributed by atoms with van der Waals surface area (Å²) in [5.74, 6) is -0.459.